The first-order valence-corrected chi connectivity index (χ1v) is 7.03. The molecule has 0 saturated carbocycles. The fourth-order valence-corrected chi connectivity index (χ4v) is 2.44. The molecule has 1 aromatic carbocycles. The minimum atomic E-state index is 0.465. The number of benzene rings is 1. The van der Waals surface area contributed by atoms with E-state index < -0.39 is 0 Å². The Kier molecular flexibility index (Phi) is 2.94. The van der Waals surface area contributed by atoms with E-state index in [0.717, 1.165) is 27.9 Å². The smallest absolute Gasteiger partial charge is 0.218 e. The summed E-state index contributed by atoms with van der Waals surface area (Å²) in [7, 11) is 0. The zero-order valence-electron chi connectivity index (χ0n) is 12.2. The van der Waals surface area contributed by atoms with Crippen LogP contribution in [0.15, 0.2) is 53.9 Å². The Hall–Kier alpha value is -3.41. The van der Waals surface area contributed by atoms with Gasteiger partial charge in [-0.2, -0.15) is 0 Å². The number of nitrogens with zero attached hydrogens (tertiary/aromatic N) is 3. The molecule has 6 nitrogen and oxygen atoms in total. The lowest BCUT2D eigenvalue weighted by Gasteiger charge is -2.00. The number of nitrogen functional groups attached to an aromatic ring is 1. The molecule has 0 aliphatic carbocycles. The van der Waals surface area contributed by atoms with Crippen LogP contribution in [0.2, 0.25) is 0 Å². The fraction of sp³-hybridized carbons (Fsp3) is 0. The van der Waals surface area contributed by atoms with Crippen LogP contribution >= 0.6 is 0 Å². The van der Waals surface area contributed by atoms with Gasteiger partial charge in [-0.3, -0.25) is 0 Å². The van der Waals surface area contributed by atoms with Gasteiger partial charge in [-0.05, 0) is 17.7 Å². The predicted octanol–water partition coefficient (Wildman–Crippen LogP) is 3.51. The van der Waals surface area contributed by atoms with Gasteiger partial charge < -0.3 is 15.1 Å². The van der Waals surface area contributed by atoms with Crippen LogP contribution in [0.5, 0.6) is 0 Å². The lowest BCUT2D eigenvalue weighted by Crippen LogP contribution is -1.90. The molecular weight excluding hydrogens is 290 g/mol. The average molecular weight is 303 g/mol. The van der Waals surface area contributed by atoms with E-state index >= 15 is 0 Å². The number of aromatic amines is 1. The third-order valence-corrected chi connectivity index (χ3v) is 3.64. The number of oxazole rings is 1. The third-order valence-electron chi connectivity index (χ3n) is 3.64. The summed E-state index contributed by atoms with van der Waals surface area (Å²) in [6.07, 6.45) is 4.71. The topological polar surface area (TPSA) is 93.6 Å². The summed E-state index contributed by atoms with van der Waals surface area (Å²) in [4.78, 5) is 15.5. The second kappa shape index (κ2) is 5.10. The van der Waals surface area contributed by atoms with Crippen molar-refractivity contribution < 1.29 is 4.42 Å². The van der Waals surface area contributed by atoms with E-state index in [4.69, 9.17) is 10.2 Å². The fourth-order valence-electron chi connectivity index (χ4n) is 2.44. The van der Waals surface area contributed by atoms with Gasteiger partial charge >= 0.3 is 0 Å². The van der Waals surface area contributed by atoms with Crippen LogP contribution in [-0.2, 0) is 0 Å². The number of H-pyrrole nitrogens is 1. The van der Waals surface area contributed by atoms with Crippen LogP contribution < -0.4 is 5.73 Å². The van der Waals surface area contributed by atoms with Crippen molar-refractivity contribution in [2.75, 3.05) is 5.73 Å². The maximum Gasteiger partial charge on any atom is 0.218 e. The number of rotatable bonds is 3. The summed E-state index contributed by atoms with van der Waals surface area (Å²) in [6.45, 7) is 3.64. The number of anilines is 1. The van der Waals surface area contributed by atoms with Crippen molar-refractivity contribution in [2.45, 2.75) is 0 Å². The van der Waals surface area contributed by atoms with Crippen LogP contribution in [0.1, 0.15) is 5.89 Å². The summed E-state index contributed by atoms with van der Waals surface area (Å²) in [6, 6.07) is 9.90. The lowest BCUT2D eigenvalue weighted by atomic mass is 10.1. The van der Waals surface area contributed by atoms with Crippen molar-refractivity contribution in [1.82, 2.24) is 19.9 Å². The summed E-state index contributed by atoms with van der Waals surface area (Å²) in [5, 5.41) is 0.817. The molecule has 0 unspecified atom stereocenters. The van der Waals surface area contributed by atoms with Gasteiger partial charge in [-0.15, -0.1) is 0 Å². The summed E-state index contributed by atoms with van der Waals surface area (Å²) in [5.74, 6) is 1.68. The van der Waals surface area contributed by atoms with Crippen LogP contribution in [0.3, 0.4) is 0 Å². The van der Waals surface area contributed by atoms with Crippen LogP contribution in [0.4, 0.5) is 5.82 Å². The maximum absolute atomic E-state index is 5.86. The molecule has 0 saturated heterocycles. The second-order valence-electron chi connectivity index (χ2n) is 5.05. The van der Waals surface area contributed by atoms with Gasteiger partial charge in [0.2, 0.25) is 5.89 Å². The molecule has 0 aliphatic heterocycles. The highest BCUT2D eigenvalue weighted by atomic mass is 16.4. The van der Waals surface area contributed by atoms with E-state index in [1.165, 1.54) is 6.33 Å². The van der Waals surface area contributed by atoms with Crippen molar-refractivity contribution in [3.63, 3.8) is 0 Å². The average Bonchev–Trinajstić information content (AvgIpc) is 3.22. The lowest BCUT2D eigenvalue weighted by molar-refractivity contribution is 0.560. The first-order chi connectivity index (χ1) is 11.2. The molecule has 3 heterocycles. The second-order valence-corrected chi connectivity index (χ2v) is 5.05. The van der Waals surface area contributed by atoms with E-state index in [-0.39, 0.29) is 0 Å². The van der Waals surface area contributed by atoms with Crippen LogP contribution in [-0.4, -0.2) is 19.9 Å². The van der Waals surface area contributed by atoms with E-state index in [1.807, 2.05) is 30.3 Å². The summed E-state index contributed by atoms with van der Waals surface area (Å²) >= 11 is 0. The molecule has 0 radical (unpaired) electrons. The Labute approximate surface area is 131 Å². The molecule has 4 rings (SSSR count). The van der Waals surface area contributed by atoms with E-state index in [9.17, 15) is 0 Å². The number of nitrogens with two attached hydrogens (primary N) is 1. The molecule has 0 aliphatic rings. The quantitative estimate of drug-likeness (QED) is 0.604. The third kappa shape index (κ3) is 2.26. The van der Waals surface area contributed by atoms with Crippen molar-refractivity contribution in [3.05, 3.63) is 55.3 Å². The van der Waals surface area contributed by atoms with Gasteiger partial charge in [0.05, 0.1) is 11.6 Å². The summed E-state index contributed by atoms with van der Waals surface area (Å²) < 4.78 is 5.56. The first-order valence-electron chi connectivity index (χ1n) is 7.03. The van der Waals surface area contributed by atoms with Crippen LogP contribution in [0, 0.1) is 0 Å². The Morgan fingerprint density at radius 3 is 2.57 bits per heavy atom. The molecule has 0 bridgehead atoms. The van der Waals surface area contributed by atoms with Gasteiger partial charge in [0.1, 0.15) is 17.8 Å². The largest absolute Gasteiger partial charge is 0.437 e. The molecule has 3 N–H and O–H groups in total. The van der Waals surface area contributed by atoms with Gasteiger partial charge in [0.25, 0.3) is 0 Å². The molecule has 4 aromatic rings. The van der Waals surface area contributed by atoms with Crippen molar-refractivity contribution in [1.29, 1.82) is 0 Å². The maximum atomic E-state index is 5.86. The monoisotopic (exact) mass is 303 g/mol. The highest BCUT2D eigenvalue weighted by molar-refractivity contribution is 5.90. The van der Waals surface area contributed by atoms with Crippen molar-refractivity contribution in [2.24, 2.45) is 0 Å². The molecule has 6 heteroatoms. The Morgan fingerprint density at radius 1 is 1.09 bits per heavy atom. The van der Waals surface area contributed by atoms with Crippen molar-refractivity contribution in [3.8, 4) is 22.6 Å². The van der Waals surface area contributed by atoms with Gasteiger partial charge in [0, 0.05) is 11.3 Å². The minimum absolute atomic E-state index is 0.465. The minimum Gasteiger partial charge on any atom is -0.437 e. The first kappa shape index (κ1) is 13.3. The number of nitrogens with one attached hydrogen (secondary N) is 1. The number of hydrogen-bond acceptors (Lipinski definition) is 5. The van der Waals surface area contributed by atoms with Gasteiger partial charge in [0.15, 0.2) is 5.76 Å². The SMILES string of the molecule is C=Cc1ncc(-c2ccc(-c3cc4c(N)ncnc4[nH]3)cc2)o1. The zero-order chi connectivity index (χ0) is 15.8. The molecule has 23 heavy (non-hydrogen) atoms. The van der Waals surface area contributed by atoms with Crippen LogP contribution in [0.25, 0.3) is 39.7 Å². The molecule has 0 amide bonds. The molecule has 3 aromatic heterocycles. The van der Waals surface area contributed by atoms with E-state index in [2.05, 4.69) is 26.5 Å². The van der Waals surface area contributed by atoms with Crippen molar-refractivity contribution >= 4 is 22.9 Å². The highest BCUT2D eigenvalue weighted by Crippen LogP contribution is 2.28. The number of fused-ring (bicyclic) bond motifs is 1. The van der Waals surface area contributed by atoms with Gasteiger partial charge in [-0.1, -0.05) is 30.8 Å². The summed E-state index contributed by atoms with van der Waals surface area (Å²) in [5.41, 5.74) is 9.49. The van der Waals surface area contributed by atoms with Gasteiger partial charge in [-0.25, -0.2) is 15.0 Å². The number of hydrogen-bond donors (Lipinski definition) is 2. The predicted molar refractivity (Wildman–Crippen MR) is 89.3 cm³/mol. The molecule has 0 atom stereocenters. The normalized spacial score (nSPS) is 11.0. The molecule has 112 valence electrons. The standard InChI is InChI=1S/C17H13N5O/c1-2-15-19-8-14(23-15)11-5-3-10(4-6-11)13-7-12-16(18)20-9-21-17(12)22-13/h2-9H,1H2,(H3,18,20,21,22). The Bertz CT molecular complexity index is 997. The molecular formula is C17H13N5O. The molecule has 0 spiro atoms. The zero-order valence-corrected chi connectivity index (χ0v) is 12.2. The number of aromatic nitrogens is 4. The van der Waals surface area contributed by atoms with E-state index in [0.29, 0.717) is 17.5 Å². The van der Waals surface area contributed by atoms with E-state index in [1.54, 1.807) is 12.3 Å². The highest BCUT2D eigenvalue weighted by Gasteiger charge is 2.09. The Morgan fingerprint density at radius 2 is 1.87 bits per heavy atom. The molecule has 0 fully saturated rings. The Balaban J connectivity index is 1.71.